The van der Waals surface area contributed by atoms with Crippen LogP contribution >= 0.6 is 0 Å². The molecule has 2 rings (SSSR count). The molecule has 6 heteroatoms. The van der Waals surface area contributed by atoms with E-state index in [1.807, 2.05) is 0 Å². The highest BCUT2D eigenvalue weighted by atomic mass is 16.3. The van der Waals surface area contributed by atoms with E-state index in [1.54, 1.807) is 31.0 Å². The molecule has 0 radical (unpaired) electrons. The van der Waals surface area contributed by atoms with Crippen molar-refractivity contribution in [1.82, 2.24) is 20.4 Å². The largest absolute Gasteiger partial charge is 0.383 e. The molecule has 2 amide bonds. The summed E-state index contributed by atoms with van der Waals surface area (Å²) in [5.74, 6) is 0.615. The first-order valence-electron chi connectivity index (χ1n) is 6.68. The second kappa shape index (κ2) is 5.21. The zero-order valence-electron chi connectivity index (χ0n) is 11.7. The molecule has 1 fully saturated rings. The van der Waals surface area contributed by atoms with Crippen LogP contribution in [0.25, 0.3) is 0 Å². The minimum atomic E-state index is -1.11. The number of nitrogens with one attached hydrogen (secondary N) is 2. The van der Waals surface area contributed by atoms with Crippen molar-refractivity contribution in [3.05, 3.63) is 18.0 Å². The second-order valence-corrected chi connectivity index (χ2v) is 5.51. The quantitative estimate of drug-likeness (QED) is 0.735. The zero-order chi connectivity index (χ0) is 14.0. The Labute approximate surface area is 113 Å². The first-order chi connectivity index (χ1) is 8.92. The van der Waals surface area contributed by atoms with Gasteiger partial charge in [-0.05, 0) is 19.3 Å². The van der Waals surface area contributed by atoms with Crippen LogP contribution in [0, 0.1) is 5.92 Å². The first-order valence-corrected chi connectivity index (χ1v) is 6.68. The molecule has 1 aromatic heterocycles. The summed E-state index contributed by atoms with van der Waals surface area (Å²) in [5, 5.41) is 19.9. The molecule has 3 N–H and O–H groups in total. The van der Waals surface area contributed by atoms with Crippen molar-refractivity contribution < 1.29 is 9.90 Å². The molecular formula is C13H22N4O2. The number of amides is 2. The molecule has 0 aliphatic heterocycles. The van der Waals surface area contributed by atoms with Crippen LogP contribution in [0.4, 0.5) is 4.79 Å². The van der Waals surface area contributed by atoms with Gasteiger partial charge >= 0.3 is 6.03 Å². The predicted octanol–water partition coefficient (Wildman–Crippen LogP) is 0.725. The molecule has 106 valence electrons. The fourth-order valence-electron chi connectivity index (χ4n) is 2.15. The fraction of sp³-hybridized carbons (Fsp3) is 0.692. The van der Waals surface area contributed by atoms with E-state index in [4.69, 9.17) is 0 Å². The molecule has 3 atom stereocenters. The lowest BCUT2D eigenvalue weighted by Crippen LogP contribution is -2.44. The van der Waals surface area contributed by atoms with E-state index in [0.717, 1.165) is 12.8 Å². The minimum Gasteiger partial charge on any atom is -0.383 e. The summed E-state index contributed by atoms with van der Waals surface area (Å²) in [6, 6.07) is 0.0819. The van der Waals surface area contributed by atoms with Crippen LogP contribution in [-0.4, -0.2) is 33.5 Å². The normalized spacial score (nSPS) is 24.6. The van der Waals surface area contributed by atoms with Gasteiger partial charge in [-0.3, -0.25) is 4.68 Å². The summed E-state index contributed by atoms with van der Waals surface area (Å²) in [6.45, 7) is 3.95. The number of hydrogen-bond donors (Lipinski definition) is 3. The average Bonchev–Trinajstić information content (AvgIpc) is 2.95. The van der Waals surface area contributed by atoms with Crippen molar-refractivity contribution in [2.24, 2.45) is 13.0 Å². The molecule has 0 spiro atoms. The predicted molar refractivity (Wildman–Crippen MR) is 71.5 cm³/mol. The van der Waals surface area contributed by atoms with Crippen LogP contribution in [0.3, 0.4) is 0 Å². The Balaban J connectivity index is 1.79. The van der Waals surface area contributed by atoms with Crippen molar-refractivity contribution in [2.75, 3.05) is 6.54 Å². The Hall–Kier alpha value is -1.56. The number of carbonyl (C=O) groups excluding carboxylic acids is 1. The maximum absolute atomic E-state index is 11.7. The van der Waals surface area contributed by atoms with Gasteiger partial charge in [0.25, 0.3) is 0 Å². The Morgan fingerprint density at radius 1 is 1.68 bits per heavy atom. The highest BCUT2D eigenvalue weighted by molar-refractivity contribution is 5.74. The molecule has 1 aliphatic carbocycles. The molecule has 19 heavy (non-hydrogen) atoms. The third kappa shape index (κ3) is 3.47. The molecule has 0 aromatic carbocycles. The van der Waals surface area contributed by atoms with Gasteiger partial charge in [-0.1, -0.05) is 13.3 Å². The molecule has 1 aliphatic rings. The van der Waals surface area contributed by atoms with Gasteiger partial charge in [0.2, 0.25) is 0 Å². The van der Waals surface area contributed by atoms with Crippen LogP contribution in [0.5, 0.6) is 0 Å². The molecular weight excluding hydrogens is 244 g/mol. The molecule has 1 heterocycles. The van der Waals surface area contributed by atoms with E-state index in [-0.39, 0.29) is 12.6 Å². The minimum absolute atomic E-state index is 0.161. The van der Waals surface area contributed by atoms with Crippen LogP contribution in [0.2, 0.25) is 0 Å². The lowest BCUT2D eigenvalue weighted by atomic mass is 10.00. The van der Waals surface area contributed by atoms with Gasteiger partial charge in [0.05, 0.1) is 12.7 Å². The molecule has 1 saturated carbocycles. The number of carbonyl (C=O) groups is 1. The summed E-state index contributed by atoms with van der Waals surface area (Å²) >= 11 is 0. The molecule has 6 nitrogen and oxygen atoms in total. The number of aliphatic hydroxyl groups is 1. The lowest BCUT2D eigenvalue weighted by molar-refractivity contribution is 0.0593. The van der Waals surface area contributed by atoms with E-state index >= 15 is 0 Å². The third-order valence-electron chi connectivity index (χ3n) is 3.68. The summed E-state index contributed by atoms with van der Waals surface area (Å²) in [6.07, 6.45) is 5.50. The Morgan fingerprint density at radius 3 is 2.95 bits per heavy atom. The number of hydrogen-bond acceptors (Lipinski definition) is 3. The summed E-state index contributed by atoms with van der Waals surface area (Å²) < 4.78 is 1.62. The summed E-state index contributed by atoms with van der Waals surface area (Å²) in [5.41, 5.74) is -0.424. The maximum atomic E-state index is 11.7. The van der Waals surface area contributed by atoms with Gasteiger partial charge in [-0.25, -0.2) is 4.79 Å². The molecule has 1 aromatic rings. The van der Waals surface area contributed by atoms with Crippen molar-refractivity contribution in [3.8, 4) is 0 Å². The topological polar surface area (TPSA) is 79.2 Å². The third-order valence-corrected chi connectivity index (χ3v) is 3.68. The van der Waals surface area contributed by atoms with E-state index in [0.29, 0.717) is 17.5 Å². The van der Waals surface area contributed by atoms with E-state index in [2.05, 4.69) is 22.7 Å². The van der Waals surface area contributed by atoms with Gasteiger partial charge in [-0.2, -0.15) is 5.10 Å². The summed E-state index contributed by atoms with van der Waals surface area (Å²) in [7, 11) is 1.79. The first kappa shape index (κ1) is 13.9. The summed E-state index contributed by atoms with van der Waals surface area (Å²) in [4.78, 5) is 11.7. The van der Waals surface area contributed by atoms with Gasteiger partial charge in [0.1, 0.15) is 5.60 Å². The highest BCUT2D eigenvalue weighted by Crippen LogP contribution is 2.32. The number of aromatic nitrogens is 2. The molecule has 3 unspecified atom stereocenters. The van der Waals surface area contributed by atoms with Crippen molar-refractivity contribution in [1.29, 1.82) is 0 Å². The molecule has 0 bridgehead atoms. The molecule has 0 saturated heterocycles. The second-order valence-electron chi connectivity index (χ2n) is 5.51. The van der Waals surface area contributed by atoms with Crippen LogP contribution < -0.4 is 10.6 Å². The van der Waals surface area contributed by atoms with Gasteiger partial charge < -0.3 is 15.7 Å². The van der Waals surface area contributed by atoms with Crippen LogP contribution in [0.1, 0.15) is 32.3 Å². The Bertz CT molecular complexity index is 455. The van der Waals surface area contributed by atoms with E-state index < -0.39 is 5.60 Å². The van der Waals surface area contributed by atoms with Crippen molar-refractivity contribution in [2.45, 2.75) is 38.3 Å². The maximum Gasteiger partial charge on any atom is 0.315 e. The van der Waals surface area contributed by atoms with E-state index in [9.17, 15) is 9.90 Å². The highest BCUT2D eigenvalue weighted by Gasteiger charge is 2.36. The Morgan fingerprint density at radius 2 is 2.42 bits per heavy atom. The van der Waals surface area contributed by atoms with Gasteiger partial charge in [-0.15, -0.1) is 0 Å². The van der Waals surface area contributed by atoms with Crippen molar-refractivity contribution in [3.63, 3.8) is 0 Å². The number of aryl methyl sites for hydroxylation is 1. The zero-order valence-corrected chi connectivity index (χ0v) is 11.7. The smallest absolute Gasteiger partial charge is 0.315 e. The van der Waals surface area contributed by atoms with Crippen LogP contribution in [0.15, 0.2) is 12.4 Å². The monoisotopic (exact) mass is 266 g/mol. The van der Waals surface area contributed by atoms with Crippen molar-refractivity contribution >= 4 is 6.03 Å². The fourth-order valence-corrected chi connectivity index (χ4v) is 2.15. The number of rotatable bonds is 5. The average molecular weight is 266 g/mol. The SMILES string of the molecule is CCC1CC1NC(=O)NCC(C)(O)c1cnn(C)c1. The van der Waals surface area contributed by atoms with Gasteiger partial charge in [0, 0.05) is 24.8 Å². The Kier molecular flexibility index (Phi) is 3.80. The standard InChI is InChI=1S/C13H22N4O2/c1-4-9-5-11(9)16-12(18)14-8-13(2,19)10-6-15-17(3)7-10/h6-7,9,11,19H,4-5,8H2,1-3H3,(H2,14,16,18). The number of nitrogens with zero attached hydrogens (tertiary/aromatic N) is 2. The van der Waals surface area contributed by atoms with E-state index in [1.165, 1.54) is 0 Å². The number of urea groups is 1. The van der Waals surface area contributed by atoms with Crippen LogP contribution in [-0.2, 0) is 12.6 Å². The van der Waals surface area contributed by atoms with Gasteiger partial charge in [0.15, 0.2) is 0 Å². The lowest BCUT2D eigenvalue weighted by Gasteiger charge is -2.22.